The molecule has 4 nitrogen and oxygen atoms in total. The number of benzene rings is 1. The van der Waals surface area contributed by atoms with Gasteiger partial charge in [0.2, 0.25) is 0 Å². The molecule has 0 unspecified atom stereocenters. The minimum Gasteiger partial charge on any atom is -0.464 e. The predicted octanol–water partition coefficient (Wildman–Crippen LogP) is 2.02. The Morgan fingerprint density at radius 2 is 2.20 bits per heavy atom. The number of aromatic nitrogens is 2. The zero-order chi connectivity index (χ0) is 10.8. The van der Waals surface area contributed by atoms with E-state index in [1.165, 1.54) is 13.4 Å². The molecule has 0 bridgehead atoms. The molecular formula is C10H7IN2O2. The van der Waals surface area contributed by atoms with E-state index in [1.807, 2.05) is 18.2 Å². The number of carbonyl (C=O) groups is 1. The fourth-order valence-corrected chi connectivity index (χ4v) is 1.78. The molecule has 1 heterocycles. The van der Waals surface area contributed by atoms with E-state index in [-0.39, 0.29) is 0 Å². The van der Waals surface area contributed by atoms with Crippen LogP contribution >= 0.6 is 22.6 Å². The number of esters is 1. The predicted molar refractivity (Wildman–Crippen MR) is 63.6 cm³/mol. The van der Waals surface area contributed by atoms with Crippen LogP contribution in [-0.4, -0.2) is 23.0 Å². The molecule has 0 atom stereocenters. The van der Waals surface area contributed by atoms with Crippen molar-refractivity contribution in [1.82, 2.24) is 9.97 Å². The number of hydrogen-bond donors (Lipinski definition) is 0. The quantitative estimate of drug-likeness (QED) is 0.597. The monoisotopic (exact) mass is 314 g/mol. The standard InChI is InChI=1S/C10H7IN2O2/c1-15-10(14)9-7-4-6(11)2-3-8(7)12-5-13-9/h2-5H,1H3. The van der Waals surface area contributed by atoms with E-state index < -0.39 is 5.97 Å². The van der Waals surface area contributed by atoms with Gasteiger partial charge in [0, 0.05) is 8.96 Å². The number of methoxy groups -OCH3 is 1. The zero-order valence-electron chi connectivity index (χ0n) is 7.90. The molecule has 1 aromatic heterocycles. The highest BCUT2D eigenvalue weighted by molar-refractivity contribution is 14.1. The van der Waals surface area contributed by atoms with Gasteiger partial charge in [0.05, 0.1) is 12.6 Å². The van der Waals surface area contributed by atoms with Crippen molar-refractivity contribution < 1.29 is 9.53 Å². The van der Waals surface area contributed by atoms with Gasteiger partial charge in [-0.1, -0.05) is 0 Å². The smallest absolute Gasteiger partial charge is 0.357 e. The Bertz CT molecular complexity index is 528. The SMILES string of the molecule is COC(=O)c1ncnc2ccc(I)cc12. The van der Waals surface area contributed by atoms with Gasteiger partial charge in [0.15, 0.2) is 5.69 Å². The average molecular weight is 314 g/mol. The number of rotatable bonds is 1. The van der Waals surface area contributed by atoms with Gasteiger partial charge in [0.25, 0.3) is 0 Å². The minimum absolute atomic E-state index is 0.306. The first-order valence-corrected chi connectivity index (χ1v) is 5.29. The van der Waals surface area contributed by atoms with E-state index in [1.54, 1.807) is 0 Å². The molecule has 0 saturated heterocycles. The lowest BCUT2D eigenvalue weighted by atomic mass is 10.2. The van der Waals surface area contributed by atoms with Crippen LogP contribution < -0.4 is 0 Å². The summed E-state index contributed by atoms with van der Waals surface area (Å²) in [6, 6.07) is 5.64. The first kappa shape index (κ1) is 10.3. The Kier molecular flexibility index (Phi) is 2.81. The summed E-state index contributed by atoms with van der Waals surface area (Å²) >= 11 is 2.17. The van der Waals surface area contributed by atoms with Crippen LogP contribution in [0.15, 0.2) is 24.5 Å². The first-order valence-electron chi connectivity index (χ1n) is 4.21. The van der Waals surface area contributed by atoms with Crippen LogP contribution in [0.5, 0.6) is 0 Å². The van der Waals surface area contributed by atoms with Crippen LogP contribution in [0, 0.1) is 3.57 Å². The van der Waals surface area contributed by atoms with Gasteiger partial charge < -0.3 is 4.74 Å². The zero-order valence-corrected chi connectivity index (χ0v) is 10.1. The van der Waals surface area contributed by atoms with E-state index in [9.17, 15) is 4.79 Å². The van der Waals surface area contributed by atoms with Crippen molar-refractivity contribution in [3.63, 3.8) is 0 Å². The van der Waals surface area contributed by atoms with Crippen molar-refractivity contribution in [2.45, 2.75) is 0 Å². The highest BCUT2D eigenvalue weighted by atomic mass is 127. The van der Waals surface area contributed by atoms with Crippen LogP contribution in [-0.2, 0) is 4.74 Å². The topological polar surface area (TPSA) is 52.1 Å². The molecule has 5 heteroatoms. The Hall–Kier alpha value is -1.24. The molecule has 1 aromatic carbocycles. The summed E-state index contributed by atoms with van der Waals surface area (Å²) in [4.78, 5) is 19.4. The highest BCUT2D eigenvalue weighted by Gasteiger charge is 2.12. The highest BCUT2D eigenvalue weighted by Crippen LogP contribution is 2.18. The van der Waals surface area contributed by atoms with E-state index in [4.69, 9.17) is 0 Å². The molecule has 0 aliphatic carbocycles. The van der Waals surface area contributed by atoms with Crippen LogP contribution in [0.25, 0.3) is 10.9 Å². The van der Waals surface area contributed by atoms with Gasteiger partial charge in [-0.3, -0.25) is 0 Å². The fourth-order valence-electron chi connectivity index (χ4n) is 1.29. The van der Waals surface area contributed by atoms with Crippen molar-refractivity contribution in [2.75, 3.05) is 7.11 Å². The summed E-state index contributed by atoms with van der Waals surface area (Å²) < 4.78 is 5.68. The normalized spacial score (nSPS) is 10.3. The molecule has 0 spiro atoms. The molecule has 0 aliphatic rings. The number of ether oxygens (including phenoxy) is 1. The lowest BCUT2D eigenvalue weighted by Gasteiger charge is -2.02. The molecule has 0 radical (unpaired) electrons. The van der Waals surface area contributed by atoms with Crippen molar-refractivity contribution in [3.8, 4) is 0 Å². The van der Waals surface area contributed by atoms with E-state index >= 15 is 0 Å². The van der Waals surface area contributed by atoms with Gasteiger partial charge >= 0.3 is 5.97 Å². The van der Waals surface area contributed by atoms with Crippen LogP contribution in [0.2, 0.25) is 0 Å². The third-order valence-electron chi connectivity index (χ3n) is 1.98. The Balaban J connectivity index is 2.74. The number of fused-ring (bicyclic) bond motifs is 1. The van der Waals surface area contributed by atoms with Gasteiger partial charge in [-0.25, -0.2) is 14.8 Å². The Morgan fingerprint density at radius 1 is 1.40 bits per heavy atom. The second-order valence-corrected chi connectivity index (χ2v) is 4.12. The molecule has 0 fully saturated rings. The van der Waals surface area contributed by atoms with Crippen LogP contribution in [0.1, 0.15) is 10.5 Å². The lowest BCUT2D eigenvalue weighted by Crippen LogP contribution is -2.05. The third-order valence-corrected chi connectivity index (χ3v) is 2.65. The van der Waals surface area contributed by atoms with Gasteiger partial charge in [-0.2, -0.15) is 0 Å². The van der Waals surface area contributed by atoms with E-state index in [0.29, 0.717) is 5.69 Å². The second kappa shape index (κ2) is 4.09. The summed E-state index contributed by atoms with van der Waals surface area (Å²) in [5.74, 6) is -0.440. The molecule has 2 rings (SSSR count). The van der Waals surface area contributed by atoms with E-state index in [0.717, 1.165) is 14.5 Å². The lowest BCUT2D eigenvalue weighted by molar-refractivity contribution is 0.0596. The molecule has 0 saturated carbocycles. The molecule has 15 heavy (non-hydrogen) atoms. The number of nitrogens with zero attached hydrogens (tertiary/aromatic N) is 2. The summed E-state index contributed by atoms with van der Waals surface area (Å²) in [6.07, 6.45) is 1.36. The maximum absolute atomic E-state index is 11.4. The number of halogens is 1. The number of hydrogen-bond acceptors (Lipinski definition) is 4. The molecule has 0 amide bonds. The summed E-state index contributed by atoms with van der Waals surface area (Å²) in [6.45, 7) is 0. The van der Waals surface area contributed by atoms with Gasteiger partial charge in [-0.15, -0.1) is 0 Å². The maximum Gasteiger partial charge on any atom is 0.357 e. The van der Waals surface area contributed by atoms with Crippen LogP contribution in [0.3, 0.4) is 0 Å². The molecule has 2 aromatic rings. The molecule has 0 N–H and O–H groups in total. The fraction of sp³-hybridized carbons (Fsp3) is 0.100. The summed E-state index contributed by atoms with van der Waals surface area (Å²) in [7, 11) is 1.34. The van der Waals surface area contributed by atoms with Crippen molar-refractivity contribution in [2.24, 2.45) is 0 Å². The maximum atomic E-state index is 11.4. The molecule has 76 valence electrons. The van der Waals surface area contributed by atoms with Crippen molar-refractivity contribution >= 4 is 39.5 Å². The molecule has 0 aliphatic heterocycles. The van der Waals surface area contributed by atoms with Crippen molar-refractivity contribution in [3.05, 3.63) is 33.8 Å². The minimum atomic E-state index is -0.440. The van der Waals surface area contributed by atoms with Crippen molar-refractivity contribution in [1.29, 1.82) is 0 Å². The van der Waals surface area contributed by atoms with E-state index in [2.05, 4.69) is 37.3 Å². The van der Waals surface area contributed by atoms with Gasteiger partial charge in [-0.05, 0) is 40.8 Å². The summed E-state index contributed by atoms with van der Waals surface area (Å²) in [5.41, 5.74) is 1.05. The number of carbonyl (C=O) groups excluding carboxylic acids is 1. The molecular weight excluding hydrogens is 307 g/mol. The van der Waals surface area contributed by atoms with Gasteiger partial charge in [0.1, 0.15) is 6.33 Å². The Morgan fingerprint density at radius 3 is 2.93 bits per heavy atom. The Labute approximate surface area is 99.8 Å². The second-order valence-electron chi connectivity index (χ2n) is 2.88. The van der Waals surface area contributed by atoms with Crippen LogP contribution in [0.4, 0.5) is 0 Å². The average Bonchev–Trinajstić information content (AvgIpc) is 2.27. The summed E-state index contributed by atoms with van der Waals surface area (Å²) in [5, 5.41) is 0.719. The largest absolute Gasteiger partial charge is 0.464 e. The first-order chi connectivity index (χ1) is 7.22. The third kappa shape index (κ3) is 1.92.